The maximum absolute atomic E-state index is 10.9. The Labute approximate surface area is 111 Å². The number of anilines is 2. The highest BCUT2D eigenvalue weighted by Crippen LogP contribution is 2.32. The first kappa shape index (κ1) is 13.5. The van der Waals surface area contributed by atoms with Crippen molar-refractivity contribution >= 4 is 17.3 Å². The molecule has 7 nitrogen and oxygen atoms in total. The van der Waals surface area contributed by atoms with Crippen molar-refractivity contribution in [2.24, 2.45) is 11.8 Å². The average molecular weight is 265 g/mol. The van der Waals surface area contributed by atoms with Gasteiger partial charge >= 0.3 is 0 Å². The fraction of sp³-hybridized carbons (Fsp3) is 0.583. The number of hydrogen-bond donors (Lipinski definition) is 2. The number of nitrogens with zero attached hydrogens (tertiary/aromatic N) is 3. The predicted molar refractivity (Wildman–Crippen MR) is 73.9 cm³/mol. The van der Waals surface area contributed by atoms with Crippen LogP contribution in [0, 0.1) is 16.0 Å². The Morgan fingerprint density at radius 2 is 2.32 bits per heavy atom. The molecule has 3 N–H and O–H groups in total. The summed E-state index contributed by atoms with van der Waals surface area (Å²) in [5.41, 5.74) is 2.40. The van der Waals surface area contributed by atoms with Gasteiger partial charge in [-0.3, -0.25) is 10.1 Å². The quantitative estimate of drug-likeness (QED) is 0.444. The molecular weight excluding hydrogens is 246 g/mol. The number of pyridine rings is 1. The molecule has 2 rings (SSSR count). The van der Waals surface area contributed by atoms with E-state index in [1.54, 1.807) is 0 Å². The average Bonchev–Trinajstić information content (AvgIpc) is 3.21. The maximum Gasteiger partial charge on any atom is 0.276 e. The highest BCUT2D eigenvalue weighted by Gasteiger charge is 2.25. The van der Waals surface area contributed by atoms with Crippen LogP contribution in [0.25, 0.3) is 0 Å². The molecular formula is C12H19N5O2. The van der Waals surface area contributed by atoms with E-state index < -0.39 is 4.92 Å². The third kappa shape index (κ3) is 3.54. The van der Waals surface area contributed by atoms with Gasteiger partial charge in [0.05, 0.1) is 17.1 Å². The number of nitrogens with one attached hydrogen (secondary N) is 1. The van der Waals surface area contributed by atoms with Crippen molar-refractivity contribution in [1.82, 2.24) is 4.98 Å². The molecule has 0 bridgehead atoms. The number of nitrogen functional groups attached to an aromatic ring is 1. The molecule has 0 unspecified atom stereocenters. The van der Waals surface area contributed by atoms with Crippen molar-refractivity contribution < 1.29 is 4.92 Å². The minimum atomic E-state index is -0.423. The first-order valence-corrected chi connectivity index (χ1v) is 6.52. The minimum absolute atomic E-state index is 0.00912. The lowest BCUT2D eigenvalue weighted by Crippen LogP contribution is -2.28. The Morgan fingerprint density at radius 3 is 2.84 bits per heavy atom. The van der Waals surface area contributed by atoms with Gasteiger partial charge in [0.2, 0.25) is 0 Å². The molecule has 1 heterocycles. The van der Waals surface area contributed by atoms with E-state index in [0.717, 1.165) is 19.5 Å². The number of nitro groups is 1. The molecule has 0 aromatic carbocycles. The summed E-state index contributed by atoms with van der Waals surface area (Å²) >= 11 is 0. The van der Waals surface area contributed by atoms with E-state index >= 15 is 0 Å². The Morgan fingerprint density at radius 1 is 1.58 bits per heavy atom. The van der Waals surface area contributed by atoms with Crippen LogP contribution in [-0.2, 0) is 0 Å². The van der Waals surface area contributed by atoms with Crippen LogP contribution < -0.4 is 16.2 Å². The van der Waals surface area contributed by atoms with Crippen molar-refractivity contribution in [3.63, 3.8) is 0 Å². The van der Waals surface area contributed by atoms with Gasteiger partial charge in [-0.1, -0.05) is 6.92 Å². The summed E-state index contributed by atoms with van der Waals surface area (Å²) in [6.07, 6.45) is 3.44. The van der Waals surface area contributed by atoms with E-state index in [9.17, 15) is 10.1 Å². The van der Waals surface area contributed by atoms with Gasteiger partial charge in [-0.15, -0.1) is 0 Å². The van der Waals surface area contributed by atoms with E-state index in [-0.39, 0.29) is 5.69 Å². The third-order valence-electron chi connectivity index (χ3n) is 3.15. The van der Waals surface area contributed by atoms with Crippen molar-refractivity contribution in [3.05, 3.63) is 22.2 Å². The van der Waals surface area contributed by atoms with Crippen molar-refractivity contribution in [3.8, 4) is 0 Å². The third-order valence-corrected chi connectivity index (χ3v) is 3.15. The molecule has 1 aromatic rings. The second-order valence-corrected chi connectivity index (χ2v) is 4.86. The molecule has 1 aliphatic rings. The number of nitrogens with two attached hydrogens (primary N) is 1. The Hall–Kier alpha value is -1.89. The first-order chi connectivity index (χ1) is 9.13. The zero-order chi connectivity index (χ0) is 13.8. The van der Waals surface area contributed by atoms with Crippen LogP contribution in [0.2, 0.25) is 0 Å². The van der Waals surface area contributed by atoms with Gasteiger partial charge in [0.25, 0.3) is 5.69 Å². The second-order valence-electron chi connectivity index (χ2n) is 4.86. The summed E-state index contributed by atoms with van der Waals surface area (Å²) in [6, 6.07) is 2.85. The largest absolute Gasteiger partial charge is 0.356 e. The molecule has 1 fully saturated rings. The van der Waals surface area contributed by atoms with Crippen LogP contribution >= 0.6 is 0 Å². The molecule has 1 saturated carbocycles. The van der Waals surface area contributed by atoms with E-state index in [2.05, 4.69) is 22.2 Å². The van der Waals surface area contributed by atoms with Gasteiger partial charge < -0.3 is 10.3 Å². The molecule has 0 spiro atoms. The summed E-state index contributed by atoms with van der Waals surface area (Å²) < 4.78 is 0. The molecule has 0 atom stereocenters. The Balaban J connectivity index is 2.27. The summed E-state index contributed by atoms with van der Waals surface area (Å²) in [5, 5.41) is 10.9. The van der Waals surface area contributed by atoms with E-state index in [4.69, 9.17) is 5.84 Å². The molecule has 1 aromatic heterocycles. The van der Waals surface area contributed by atoms with E-state index in [1.165, 1.54) is 25.0 Å². The summed E-state index contributed by atoms with van der Waals surface area (Å²) in [5.74, 6) is 6.96. The molecule has 7 heteroatoms. The van der Waals surface area contributed by atoms with Crippen molar-refractivity contribution in [2.45, 2.75) is 26.2 Å². The van der Waals surface area contributed by atoms with Gasteiger partial charge in [-0.2, -0.15) is 0 Å². The molecule has 0 amide bonds. The number of rotatable bonds is 7. The van der Waals surface area contributed by atoms with Crippen LogP contribution in [0.3, 0.4) is 0 Å². The van der Waals surface area contributed by atoms with Gasteiger partial charge in [-0.25, -0.2) is 10.8 Å². The number of hydrazine groups is 1. The van der Waals surface area contributed by atoms with Crippen LogP contribution in [0.1, 0.15) is 26.2 Å². The monoisotopic (exact) mass is 265 g/mol. The molecule has 0 aliphatic heterocycles. The van der Waals surface area contributed by atoms with Gasteiger partial charge in [0.1, 0.15) is 11.6 Å². The molecule has 1 aliphatic carbocycles. The van der Waals surface area contributed by atoms with Crippen LogP contribution in [0.4, 0.5) is 17.3 Å². The predicted octanol–water partition coefficient (Wildman–Crippen LogP) is 1.90. The number of aromatic nitrogens is 1. The Kier molecular flexibility index (Phi) is 4.16. The normalized spacial score (nSPS) is 14.2. The molecule has 19 heavy (non-hydrogen) atoms. The molecule has 0 radical (unpaired) electrons. The zero-order valence-electron chi connectivity index (χ0n) is 11.0. The summed E-state index contributed by atoms with van der Waals surface area (Å²) in [4.78, 5) is 16.9. The smallest absolute Gasteiger partial charge is 0.276 e. The standard InChI is InChI=1S/C12H19N5O2/c1-2-5-16(8-9-3-4-9)12-7-10(17(18)19)6-11(14-12)15-13/h6-7,9H,2-5,8,13H2,1H3,(H,14,15). The lowest BCUT2D eigenvalue weighted by Gasteiger charge is -2.23. The van der Waals surface area contributed by atoms with Crippen molar-refractivity contribution in [1.29, 1.82) is 0 Å². The minimum Gasteiger partial charge on any atom is -0.356 e. The van der Waals surface area contributed by atoms with E-state index in [0.29, 0.717) is 17.6 Å². The molecule has 0 saturated heterocycles. The fourth-order valence-electron chi connectivity index (χ4n) is 2.02. The van der Waals surface area contributed by atoms with Gasteiger partial charge in [0, 0.05) is 13.1 Å². The van der Waals surface area contributed by atoms with Gasteiger partial charge in [-0.05, 0) is 25.2 Å². The van der Waals surface area contributed by atoms with E-state index in [1.807, 2.05) is 0 Å². The highest BCUT2D eigenvalue weighted by molar-refractivity contribution is 5.55. The second kappa shape index (κ2) is 5.83. The SMILES string of the molecule is CCCN(CC1CC1)c1cc([N+](=O)[O-])cc(NN)n1. The fourth-order valence-corrected chi connectivity index (χ4v) is 2.02. The lowest BCUT2D eigenvalue weighted by molar-refractivity contribution is -0.384. The first-order valence-electron chi connectivity index (χ1n) is 6.52. The topological polar surface area (TPSA) is 97.3 Å². The van der Waals surface area contributed by atoms with Gasteiger partial charge in [0.15, 0.2) is 0 Å². The molecule has 104 valence electrons. The highest BCUT2D eigenvalue weighted by atomic mass is 16.6. The summed E-state index contributed by atoms with van der Waals surface area (Å²) in [7, 11) is 0. The summed E-state index contributed by atoms with van der Waals surface area (Å²) in [6.45, 7) is 3.83. The maximum atomic E-state index is 10.9. The van der Waals surface area contributed by atoms with Crippen LogP contribution in [-0.4, -0.2) is 23.0 Å². The van der Waals surface area contributed by atoms with Crippen LogP contribution in [0.15, 0.2) is 12.1 Å². The Bertz CT molecular complexity index is 461. The van der Waals surface area contributed by atoms with Crippen LogP contribution in [0.5, 0.6) is 0 Å². The lowest BCUT2D eigenvalue weighted by atomic mass is 10.3. The van der Waals surface area contributed by atoms with Crippen molar-refractivity contribution in [2.75, 3.05) is 23.4 Å². The number of hydrogen-bond acceptors (Lipinski definition) is 6. The zero-order valence-corrected chi connectivity index (χ0v) is 11.0.